The summed E-state index contributed by atoms with van der Waals surface area (Å²) in [5.74, 6) is -0.0155. The average molecular weight is 1250 g/mol. The molecule has 0 aliphatic heterocycles. The van der Waals surface area contributed by atoms with Crippen LogP contribution in [0.3, 0.4) is 0 Å². The van der Waals surface area contributed by atoms with Gasteiger partial charge in [-0.05, 0) is 83.5 Å². The van der Waals surface area contributed by atoms with Gasteiger partial charge in [0.1, 0.15) is 0 Å². The van der Waals surface area contributed by atoms with Crippen LogP contribution in [-0.4, -0.2) is 47.4 Å². The Morgan fingerprint density at radius 1 is 0.315 bits per heavy atom. The first kappa shape index (κ1) is 87.1. The Labute approximate surface area is 557 Å². The van der Waals surface area contributed by atoms with E-state index in [0.29, 0.717) is 25.9 Å². The highest BCUT2D eigenvalue weighted by Crippen LogP contribution is 2.20. The molecular weight excluding hydrogens is 1090 g/mol. The van der Waals surface area contributed by atoms with Crippen LogP contribution in [0.25, 0.3) is 0 Å². The molecule has 0 aromatic carbocycles. The predicted molar refractivity (Wildman–Crippen MR) is 393 cm³/mol. The second-order valence-electron chi connectivity index (χ2n) is 28.1. The highest BCUT2D eigenvalue weighted by Gasteiger charge is 2.20. The summed E-state index contributed by atoms with van der Waals surface area (Å²) in [6.07, 6.45) is 102. The Bertz CT molecular complexity index is 1440. The molecule has 0 rings (SSSR count). The van der Waals surface area contributed by atoms with E-state index in [4.69, 9.17) is 4.74 Å². The number of carbonyl (C=O) groups is 2. The zero-order valence-electron chi connectivity index (χ0n) is 60.4. The third-order valence-corrected chi connectivity index (χ3v) is 19.2. The minimum absolute atomic E-state index is 0.0137. The first-order chi connectivity index (χ1) is 44.0. The maximum absolute atomic E-state index is 12.6. The van der Waals surface area contributed by atoms with Crippen LogP contribution >= 0.6 is 0 Å². The lowest BCUT2D eigenvalue weighted by Crippen LogP contribution is -2.45. The lowest BCUT2D eigenvalue weighted by Gasteiger charge is -2.22. The van der Waals surface area contributed by atoms with Crippen LogP contribution < -0.4 is 5.32 Å². The second-order valence-corrected chi connectivity index (χ2v) is 28.1. The Hall–Kier alpha value is -1.92. The van der Waals surface area contributed by atoms with Gasteiger partial charge in [0.05, 0.1) is 25.4 Å². The Balaban J connectivity index is 3.38. The number of aliphatic hydroxyl groups is 2. The predicted octanol–water partition coefficient (Wildman–Crippen LogP) is 27.0. The maximum Gasteiger partial charge on any atom is 0.305 e. The molecule has 6 heteroatoms. The summed E-state index contributed by atoms with van der Waals surface area (Å²) in [6, 6.07) is -0.543. The standard InChI is InChI=1S/C83H159NO5/c1-3-5-7-9-11-13-15-17-19-21-23-24-36-40-43-47-51-55-59-63-67-71-75-81(86)80(79-85)84-82(87)76-72-68-64-60-56-52-48-44-41-37-34-32-30-28-26-25-27-29-31-33-35-38-42-46-50-54-58-62-66-70-74-78-89-83(88)77-73-69-65-61-57-53-49-45-39-22-20-18-16-14-12-10-8-6-4-2/h18,20,27,29,33,35,80-81,85-86H,3-17,19,21-26,28,30-32,34,36-79H2,1-2H3,(H,84,87)/b20-18-,29-27-,35-33-. The highest BCUT2D eigenvalue weighted by molar-refractivity contribution is 5.76. The molecule has 0 spiro atoms. The Morgan fingerprint density at radius 2 is 0.562 bits per heavy atom. The second kappa shape index (κ2) is 78.5. The van der Waals surface area contributed by atoms with Crippen LogP contribution in [0.2, 0.25) is 0 Å². The summed E-state index contributed by atoms with van der Waals surface area (Å²) in [5.41, 5.74) is 0. The molecule has 89 heavy (non-hydrogen) atoms. The molecule has 3 N–H and O–H groups in total. The van der Waals surface area contributed by atoms with Gasteiger partial charge in [-0.25, -0.2) is 0 Å². The number of amides is 1. The van der Waals surface area contributed by atoms with Gasteiger partial charge >= 0.3 is 5.97 Å². The van der Waals surface area contributed by atoms with E-state index in [0.717, 1.165) is 51.4 Å². The summed E-state index contributed by atoms with van der Waals surface area (Å²) in [7, 11) is 0. The topological polar surface area (TPSA) is 95.9 Å². The molecule has 0 saturated carbocycles. The number of aliphatic hydroxyl groups excluding tert-OH is 2. The molecule has 6 nitrogen and oxygen atoms in total. The third-order valence-electron chi connectivity index (χ3n) is 19.2. The summed E-state index contributed by atoms with van der Waals surface area (Å²) in [6.45, 7) is 5.00. The van der Waals surface area contributed by atoms with Gasteiger partial charge in [-0.1, -0.05) is 397 Å². The number of rotatable bonds is 77. The van der Waals surface area contributed by atoms with E-state index < -0.39 is 12.1 Å². The molecule has 526 valence electrons. The lowest BCUT2D eigenvalue weighted by atomic mass is 10.0. The van der Waals surface area contributed by atoms with Crippen molar-refractivity contribution in [3.05, 3.63) is 36.5 Å². The third kappa shape index (κ3) is 75.0. The molecule has 0 fully saturated rings. The average Bonchev–Trinajstić information content (AvgIpc) is 3.68. The van der Waals surface area contributed by atoms with Gasteiger partial charge in [0, 0.05) is 12.8 Å². The number of hydrogen-bond donors (Lipinski definition) is 3. The molecule has 0 aromatic rings. The molecule has 0 radical (unpaired) electrons. The molecule has 0 bridgehead atoms. The van der Waals surface area contributed by atoms with Crippen molar-refractivity contribution in [1.82, 2.24) is 5.32 Å². The Morgan fingerprint density at radius 3 is 0.865 bits per heavy atom. The number of carbonyl (C=O) groups excluding carboxylic acids is 2. The maximum atomic E-state index is 12.6. The van der Waals surface area contributed by atoms with Gasteiger partial charge in [0.15, 0.2) is 0 Å². The fourth-order valence-electron chi connectivity index (χ4n) is 13.0. The number of nitrogens with one attached hydrogen (secondary N) is 1. The largest absolute Gasteiger partial charge is 0.466 e. The normalized spacial score (nSPS) is 12.6. The van der Waals surface area contributed by atoms with Crippen LogP contribution in [0.4, 0.5) is 0 Å². The van der Waals surface area contributed by atoms with Gasteiger partial charge in [-0.15, -0.1) is 0 Å². The van der Waals surface area contributed by atoms with E-state index >= 15 is 0 Å². The van der Waals surface area contributed by atoms with Crippen LogP contribution in [0.15, 0.2) is 36.5 Å². The summed E-state index contributed by atoms with van der Waals surface area (Å²) in [5, 5.41) is 23.5. The lowest BCUT2D eigenvalue weighted by molar-refractivity contribution is -0.143. The van der Waals surface area contributed by atoms with Crippen molar-refractivity contribution in [2.45, 2.75) is 469 Å². The summed E-state index contributed by atoms with van der Waals surface area (Å²) in [4.78, 5) is 24.7. The Kier molecular flexibility index (Phi) is 76.8. The number of allylic oxidation sites excluding steroid dienone is 6. The van der Waals surface area contributed by atoms with E-state index in [1.54, 1.807) is 0 Å². The van der Waals surface area contributed by atoms with Crippen molar-refractivity contribution in [2.24, 2.45) is 0 Å². The molecular formula is C83H159NO5. The fourth-order valence-corrected chi connectivity index (χ4v) is 13.0. The monoisotopic (exact) mass is 1250 g/mol. The van der Waals surface area contributed by atoms with Crippen molar-refractivity contribution < 1.29 is 24.5 Å². The van der Waals surface area contributed by atoms with Crippen molar-refractivity contribution in [3.63, 3.8) is 0 Å². The van der Waals surface area contributed by atoms with E-state index in [1.165, 1.54) is 372 Å². The zero-order valence-corrected chi connectivity index (χ0v) is 60.4. The molecule has 2 unspecified atom stereocenters. The number of hydrogen-bond acceptors (Lipinski definition) is 5. The molecule has 0 saturated heterocycles. The number of esters is 1. The molecule has 2 atom stereocenters. The van der Waals surface area contributed by atoms with Gasteiger partial charge in [0.25, 0.3) is 0 Å². The van der Waals surface area contributed by atoms with E-state index in [1.807, 2.05) is 0 Å². The number of ether oxygens (including phenoxy) is 1. The molecule has 0 aromatic heterocycles. The molecule has 0 aliphatic rings. The van der Waals surface area contributed by atoms with Crippen LogP contribution in [0.1, 0.15) is 457 Å². The van der Waals surface area contributed by atoms with E-state index in [9.17, 15) is 19.8 Å². The van der Waals surface area contributed by atoms with Crippen molar-refractivity contribution in [2.75, 3.05) is 13.2 Å². The molecule has 0 aliphatic carbocycles. The fraction of sp³-hybridized carbons (Fsp3) is 0.904. The van der Waals surface area contributed by atoms with Gasteiger partial charge < -0.3 is 20.3 Å². The number of unbranched alkanes of at least 4 members (excludes halogenated alkanes) is 60. The van der Waals surface area contributed by atoms with Crippen LogP contribution in [-0.2, 0) is 14.3 Å². The molecule has 1 amide bonds. The smallest absolute Gasteiger partial charge is 0.305 e. The van der Waals surface area contributed by atoms with Gasteiger partial charge in [-0.2, -0.15) is 0 Å². The minimum atomic E-state index is -0.666. The first-order valence-electron chi connectivity index (χ1n) is 40.7. The molecule has 0 heterocycles. The highest BCUT2D eigenvalue weighted by atomic mass is 16.5. The van der Waals surface area contributed by atoms with Crippen LogP contribution in [0, 0.1) is 0 Å². The zero-order chi connectivity index (χ0) is 64.2. The quantitative estimate of drug-likeness (QED) is 0.0320. The van der Waals surface area contributed by atoms with Gasteiger partial charge in [0.2, 0.25) is 5.91 Å². The van der Waals surface area contributed by atoms with Crippen molar-refractivity contribution in [3.8, 4) is 0 Å². The van der Waals surface area contributed by atoms with Crippen LogP contribution in [0.5, 0.6) is 0 Å². The van der Waals surface area contributed by atoms with Crippen molar-refractivity contribution >= 4 is 11.9 Å². The van der Waals surface area contributed by atoms with E-state index in [2.05, 4.69) is 55.6 Å². The summed E-state index contributed by atoms with van der Waals surface area (Å²) >= 11 is 0. The van der Waals surface area contributed by atoms with Crippen molar-refractivity contribution in [1.29, 1.82) is 0 Å². The first-order valence-corrected chi connectivity index (χ1v) is 40.7. The van der Waals surface area contributed by atoms with E-state index in [-0.39, 0.29) is 18.5 Å². The SMILES string of the molecule is CCCCCCCC/C=C\CCCCCCCCCCCC(=O)OCCCCCCCCCCC/C=C\C/C=C\CCCCCCCCCCCCCCCCCC(=O)NC(CO)C(O)CCCCCCCCCCCCCCCCCCCCCCCC. The summed E-state index contributed by atoms with van der Waals surface area (Å²) < 4.78 is 5.51. The van der Waals surface area contributed by atoms with Gasteiger partial charge in [-0.3, -0.25) is 9.59 Å². The minimum Gasteiger partial charge on any atom is -0.466 e.